The maximum absolute atomic E-state index is 12.3. The van der Waals surface area contributed by atoms with Crippen molar-refractivity contribution in [3.8, 4) is 0 Å². The number of imide groups is 1. The number of hydrogen-bond donors (Lipinski definition) is 4. The van der Waals surface area contributed by atoms with Gasteiger partial charge in [-0.15, -0.1) is 0 Å². The van der Waals surface area contributed by atoms with Gasteiger partial charge < -0.3 is 31.2 Å². The lowest BCUT2D eigenvalue weighted by atomic mass is 9.94. The second kappa shape index (κ2) is 26.8. The Labute approximate surface area is 287 Å². The summed E-state index contributed by atoms with van der Waals surface area (Å²) >= 11 is 0. The first-order valence-electron chi connectivity index (χ1n) is 18.2. The summed E-state index contributed by atoms with van der Waals surface area (Å²) in [6.07, 6.45) is 13.1. The number of primary amides is 1. The number of nitrogens with two attached hydrogens (primary N) is 1. The van der Waals surface area contributed by atoms with Crippen LogP contribution in [-0.4, -0.2) is 92.4 Å². The quantitative estimate of drug-likeness (QED) is 0.0658. The molecule has 1 fully saturated rings. The molecule has 2 unspecified atom stereocenters. The molecule has 1 saturated heterocycles. The predicted molar refractivity (Wildman–Crippen MR) is 183 cm³/mol. The summed E-state index contributed by atoms with van der Waals surface area (Å²) in [7, 11) is 0. The third-order valence-corrected chi connectivity index (χ3v) is 8.49. The molecule has 0 bridgehead atoms. The van der Waals surface area contributed by atoms with E-state index in [4.69, 9.17) is 15.2 Å². The van der Waals surface area contributed by atoms with Crippen molar-refractivity contribution in [2.24, 2.45) is 17.6 Å². The summed E-state index contributed by atoms with van der Waals surface area (Å²) in [4.78, 5) is 73.7. The molecular weight excluding hydrogens is 618 g/mol. The van der Waals surface area contributed by atoms with Gasteiger partial charge in [0.15, 0.2) is 0 Å². The molecule has 2 atom stereocenters. The number of nitrogens with zero attached hydrogens (tertiary/aromatic N) is 1. The highest BCUT2D eigenvalue weighted by atomic mass is 16.5. The summed E-state index contributed by atoms with van der Waals surface area (Å²) in [5, 5.41) is 8.28. The van der Waals surface area contributed by atoms with Crippen LogP contribution in [0.25, 0.3) is 0 Å². The molecule has 48 heavy (non-hydrogen) atoms. The minimum atomic E-state index is -0.699. The Morgan fingerprint density at radius 3 is 1.98 bits per heavy atom. The van der Waals surface area contributed by atoms with Crippen LogP contribution in [-0.2, 0) is 38.2 Å². The Bertz CT molecular complexity index is 977. The molecule has 13 heteroatoms. The van der Waals surface area contributed by atoms with E-state index in [2.05, 4.69) is 22.9 Å². The molecule has 0 aromatic heterocycles. The van der Waals surface area contributed by atoms with E-state index in [1.54, 1.807) is 0 Å². The van der Waals surface area contributed by atoms with Crippen LogP contribution in [0.1, 0.15) is 124 Å². The molecule has 0 aliphatic carbocycles. The molecule has 6 amide bonds. The van der Waals surface area contributed by atoms with Gasteiger partial charge in [-0.1, -0.05) is 72.1 Å². The van der Waals surface area contributed by atoms with Crippen molar-refractivity contribution in [3.05, 3.63) is 0 Å². The van der Waals surface area contributed by atoms with Gasteiger partial charge in [-0.2, -0.15) is 0 Å². The summed E-state index contributed by atoms with van der Waals surface area (Å²) in [6, 6.07) is -0.699. The van der Waals surface area contributed by atoms with E-state index in [9.17, 15) is 28.8 Å². The number of amides is 6. The average Bonchev–Trinajstić information content (AvgIpc) is 3.33. The highest BCUT2D eigenvalue weighted by Crippen LogP contribution is 2.26. The number of unbranched alkanes of at least 4 members (excludes halogenated alkanes) is 9. The maximum Gasteiger partial charge on any atom is 0.239 e. The van der Waals surface area contributed by atoms with Gasteiger partial charge in [0.05, 0.1) is 26.4 Å². The molecule has 0 spiro atoms. The molecule has 276 valence electrons. The smallest absolute Gasteiger partial charge is 0.239 e. The van der Waals surface area contributed by atoms with Crippen LogP contribution < -0.4 is 21.7 Å². The summed E-state index contributed by atoms with van der Waals surface area (Å²) < 4.78 is 10.9. The zero-order valence-corrected chi connectivity index (χ0v) is 29.8. The van der Waals surface area contributed by atoms with Crippen LogP contribution >= 0.6 is 0 Å². The lowest BCUT2D eigenvalue weighted by Crippen LogP contribution is -2.44. The Balaban J connectivity index is 1.98. The van der Waals surface area contributed by atoms with Crippen molar-refractivity contribution >= 4 is 35.4 Å². The van der Waals surface area contributed by atoms with Gasteiger partial charge in [-0.05, 0) is 31.6 Å². The van der Waals surface area contributed by atoms with Crippen LogP contribution in [0.4, 0.5) is 0 Å². The molecule has 1 aliphatic heterocycles. The van der Waals surface area contributed by atoms with E-state index in [1.807, 2.05) is 13.8 Å². The largest absolute Gasteiger partial charge is 0.379 e. The van der Waals surface area contributed by atoms with Crippen molar-refractivity contribution in [3.63, 3.8) is 0 Å². The predicted octanol–water partition coefficient (Wildman–Crippen LogP) is 3.12. The van der Waals surface area contributed by atoms with Crippen LogP contribution in [0.3, 0.4) is 0 Å². The average molecular weight is 682 g/mol. The minimum Gasteiger partial charge on any atom is -0.379 e. The molecule has 0 aromatic carbocycles. The van der Waals surface area contributed by atoms with Crippen molar-refractivity contribution in [1.82, 2.24) is 20.9 Å². The maximum atomic E-state index is 12.3. The first-order chi connectivity index (χ1) is 23.1. The van der Waals surface area contributed by atoms with E-state index >= 15 is 0 Å². The molecular formula is C35H63N5O8. The number of rotatable bonds is 30. The Morgan fingerprint density at radius 1 is 0.750 bits per heavy atom. The van der Waals surface area contributed by atoms with E-state index in [0.717, 1.165) is 19.3 Å². The van der Waals surface area contributed by atoms with Gasteiger partial charge in [0.1, 0.15) is 6.04 Å². The third-order valence-electron chi connectivity index (χ3n) is 8.49. The lowest BCUT2D eigenvalue weighted by molar-refractivity contribution is -0.140. The second-order valence-electron chi connectivity index (χ2n) is 13.0. The fraction of sp³-hybridized carbons (Fsp3) is 0.829. The van der Waals surface area contributed by atoms with Crippen molar-refractivity contribution < 1.29 is 38.2 Å². The van der Waals surface area contributed by atoms with Gasteiger partial charge in [0.2, 0.25) is 35.4 Å². The molecule has 1 aliphatic rings. The number of likely N-dealkylation sites (tertiary alicyclic amines) is 1. The highest BCUT2D eigenvalue weighted by molar-refractivity contribution is 6.03. The van der Waals surface area contributed by atoms with Crippen molar-refractivity contribution in [1.29, 1.82) is 0 Å². The number of carbonyl (C=O) groups is 6. The monoisotopic (exact) mass is 681 g/mol. The summed E-state index contributed by atoms with van der Waals surface area (Å²) in [5.41, 5.74) is 5.48. The van der Waals surface area contributed by atoms with E-state index in [1.165, 1.54) is 43.4 Å². The second-order valence-corrected chi connectivity index (χ2v) is 13.0. The van der Waals surface area contributed by atoms with E-state index in [-0.39, 0.29) is 80.4 Å². The Kier molecular flexibility index (Phi) is 24.0. The first kappa shape index (κ1) is 43.0. The fourth-order valence-corrected chi connectivity index (χ4v) is 5.45. The van der Waals surface area contributed by atoms with Gasteiger partial charge in [-0.3, -0.25) is 33.7 Å². The molecule has 13 nitrogen and oxygen atoms in total. The van der Waals surface area contributed by atoms with Gasteiger partial charge in [0.25, 0.3) is 0 Å². The standard InChI is InChI=1S/C35H63N5O8/c1-4-5-6-7-8-9-10-11-12-16-32(43)39-29(34(36)45)15-13-14-19-37-31(42)18-22-47-24-25-48-23-20-38-30(41)17-21-40-33(44)26-28(27(2)3)35(40)46/h27-29H,4-26H2,1-3H3,(H2,36,45)(H,37,42)(H,38,41)(H,39,43). The normalized spacial score (nSPS) is 15.2. The van der Waals surface area contributed by atoms with E-state index in [0.29, 0.717) is 52.0 Å². The minimum absolute atomic E-state index is 0.0546. The molecule has 0 saturated carbocycles. The summed E-state index contributed by atoms with van der Waals surface area (Å²) in [6.45, 7) is 8.00. The first-order valence-corrected chi connectivity index (χ1v) is 18.2. The zero-order chi connectivity index (χ0) is 35.6. The van der Waals surface area contributed by atoms with Gasteiger partial charge in [-0.25, -0.2) is 0 Å². The number of carbonyl (C=O) groups excluding carboxylic acids is 6. The van der Waals surface area contributed by atoms with Crippen LogP contribution in [0.2, 0.25) is 0 Å². The Morgan fingerprint density at radius 2 is 1.35 bits per heavy atom. The molecule has 0 aromatic rings. The highest BCUT2D eigenvalue weighted by Gasteiger charge is 2.39. The SMILES string of the molecule is CCCCCCCCCCCC(=O)NC(CCCCNC(=O)CCOCCOCCNC(=O)CCN1C(=O)CC(C(C)C)C1=O)C(N)=O. The topological polar surface area (TPSA) is 186 Å². The fourth-order valence-electron chi connectivity index (χ4n) is 5.45. The Hall–Kier alpha value is -3.06. The molecule has 1 rings (SSSR count). The summed E-state index contributed by atoms with van der Waals surface area (Å²) in [5.74, 6) is -1.72. The molecule has 0 radical (unpaired) electrons. The molecule has 5 N–H and O–H groups in total. The van der Waals surface area contributed by atoms with Gasteiger partial charge in [0, 0.05) is 51.2 Å². The number of ether oxygens (including phenoxy) is 2. The lowest BCUT2D eigenvalue weighted by Gasteiger charge is -2.16. The van der Waals surface area contributed by atoms with Crippen molar-refractivity contribution in [2.75, 3.05) is 46.1 Å². The van der Waals surface area contributed by atoms with E-state index < -0.39 is 11.9 Å². The van der Waals surface area contributed by atoms with Crippen molar-refractivity contribution in [2.45, 2.75) is 130 Å². The third kappa shape index (κ3) is 20.3. The van der Waals surface area contributed by atoms with Gasteiger partial charge >= 0.3 is 0 Å². The molecule has 1 heterocycles. The van der Waals surface area contributed by atoms with Crippen LogP contribution in [0.15, 0.2) is 0 Å². The zero-order valence-electron chi connectivity index (χ0n) is 29.8. The number of nitrogens with one attached hydrogen (secondary N) is 3. The number of hydrogen-bond acceptors (Lipinski definition) is 8. The van der Waals surface area contributed by atoms with Crippen LogP contribution in [0, 0.1) is 11.8 Å². The van der Waals surface area contributed by atoms with Crippen LogP contribution in [0.5, 0.6) is 0 Å².